The van der Waals surface area contributed by atoms with Gasteiger partial charge >= 0.3 is 0 Å². The second-order valence-corrected chi connectivity index (χ2v) is 14.4. The normalized spacial score (nSPS) is 13.3. The summed E-state index contributed by atoms with van der Waals surface area (Å²) >= 11 is 0. The molecule has 0 fully saturated rings. The first-order valence-corrected chi connectivity index (χ1v) is 21.2. The molecule has 0 heterocycles. The van der Waals surface area contributed by atoms with Crippen LogP contribution in [0.15, 0.2) is 36.5 Å². The second kappa shape index (κ2) is 40.0. The van der Waals surface area contributed by atoms with Crippen LogP contribution in [-0.4, -0.2) is 34.9 Å². The first-order valence-electron chi connectivity index (χ1n) is 21.2. The third-order valence-corrected chi connectivity index (χ3v) is 9.60. The van der Waals surface area contributed by atoms with E-state index in [1.54, 1.807) is 6.08 Å². The predicted molar refractivity (Wildman–Crippen MR) is 212 cm³/mol. The zero-order valence-corrected chi connectivity index (χ0v) is 32.3. The minimum absolute atomic E-state index is 0.0761. The summed E-state index contributed by atoms with van der Waals surface area (Å²) in [5.74, 6) is -0.0761. The Balaban J connectivity index is 3.61. The van der Waals surface area contributed by atoms with Crippen molar-refractivity contribution in [2.24, 2.45) is 0 Å². The molecule has 3 N–H and O–H groups in total. The Morgan fingerprint density at radius 1 is 0.479 bits per heavy atom. The van der Waals surface area contributed by atoms with Gasteiger partial charge in [0.05, 0.1) is 18.8 Å². The lowest BCUT2D eigenvalue weighted by Gasteiger charge is -2.19. The molecule has 0 aliphatic rings. The van der Waals surface area contributed by atoms with Gasteiger partial charge in [-0.25, -0.2) is 0 Å². The smallest absolute Gasteiger partial charge is 0.220 e. The lowest BCUT2D eigenvalue weighted by molar-refractivity contribution is -0.123. The lowest BCUT2D eigenvalue weighted by atomic mass is 10.0. The molecule has 0 aliphatic heterocycles. The van der Waals surface area contributed by atoms with Gasteiger partial charge in [-0.2, -0.15) is 0 Å². The molecule has 0 radical (unpaired) electrons. The van der Waals surface area contributed by atoms with Crippen molar-refractivity contribution in [3.8, 4) is 0 Å². The molecule has 0 aromatic rings. The molecule has 4 heteroatoms. The molecule has 48 heavy (non-hydrogen) atoms. The van der Waals surface area contributed by atoms with Gasteiger partial charge in [0.15, 0.2) is 0 Å². The fraction of sp³-hybridized carbons (Fsp3) is 0.841. The molecule has 0 aromatic heterocycles. The van der Waals surface area contributed by atoms with E-state index < -0.39 is 12.1 Å². The van der Waals surface area contributed by atoms with E-state index >= 15 is 0 Å². The van der Waals surface area contributed by atoms with E-state index in [9.17, 15) is 15.0 Å². The maximum absolute atomic E-state index is 12.4. The molecule has 0 aromatic carbocycles. The van der Waals surface area contributed by atoms with Crippen LogP contribution in [-0.2, 0) is 4.79 Å². The van der Waals surface area contributed by atoms with Crippen molar-refractivity contribution in [2.45, 2.75) is 231 Å². The maximum Gasteiger partial charge on any atom is 0.220 e. The highest BCUT2D eigenvalue weighted by atomic mass is 16.3. The summed E-state index contributed by atoms with van der Waals surface area (Å²) in [5, 5.41) is 22.9. The van der Waals surface area contributed by atoms with Crippen LogP contribution in [0.5, 0.6) is 0 Å². The number of amides is 1. The maximum atomic E-state index is 12.4. The van der Waals surface area contributed by atoms with E-state index in [0.717, 1.165) is 38.5 Å². The largest absolute Gasteiger partial charge is 0.394 e. The van der Waals surface area contributed by atoms with Gasteiger partial charge in [0.1, 0.15) is 0 Å². The number of hydrogen-bond donors (Lipinski definition) is 3. The molecule has 0 saturated carbocycles. The summed E-state index contributed by atoms with van der Waals surface area (Å²) in [6, 6.07) is -0.641. The molecule has 2 atom stereocenters. The number of nitrogens with one attached hydrogen (secondary N) is 1. The third kappa shape index (κ3) is 35.9. The number of allylic oxidation sites excluding steroid dienone is 5. The van der Waals surface area contributed by atoms with Crippen molar-refractivity contribution in [3.05, 3.63) is 36.5 Å². The van der Waals surface area contributed by atoms with Gasteiger partial charge in [-0.3, -0.25) is 4.79 Å². The van der Waals surface area contributed by atoms with Crippen LogP contribution in [0.4, 0.5) is 0 Å². The molecule has 2 unspecified atom stereocenters. The summed E-state index contributed by atoms with van der Waals surface area (Å²) in [5.41, 5.74) is 0. The SMILES string of the molecule is CCCCCCCC/C=C/CC/C=C/CC/C=C/C(O)C(CO)NC(=O)CCCCCCCCCCCCCCCCCCCCCC. The van der Waals surface area contributed by atoms with E-state index in [-0.39, 0.29) is 12.5 Å². The zero-order valence-electron chi connectivity index (χ0n) is 32.3. The van der Waals surface area contributed by atoms with Gasteiger partial charge in [0.25, 0.3) is 0 Å². The van der Waals surface area contributed by atoms with Crippen LogP contribution in [0.3, 0.4) is 0 Å². The number of hydrogen-bond acceptors (Lipinski definition) is 3. The standard InChI is InChI=1S/C44H83NO3/c1-3-5-7-9-11-13-15-17-19-21-22-23-24-26-28-30-32-34-36-38-40-44(48)45-42(41-46)43(47)39-37-35-33-31-29-27-25-20-18-16-14-12-10-8-6-4-2/h18,20,29,31,37,39,42-43,46-47H,3-17,19,21-28,30,32-36,38,40-41H2,1-2H3,(H,45,48)/b20-18+,31-29+,39-37+. The summed E-state index contributed by atoms with van der Waals surface area (Å²) < 4.78 is 0. The van der Waals surface area contributed by atoms with Crippen molar-refractivity contribution < 1.29 is 15.0 Å². The fourth-order valence-corrected chi connectivity index (χ4v) is 6.33. The Bertz CT molecular complexity index is 731. The highest BCUT2D eigenvalue weighted by Gasteiger charge is 2.17. The predicted octanol–water partition coefficient (Wildman–Crippen LogP) is 13.0. The molecule has 4 nitrogen and oxygen atoms in total. The Labute approximate surface area is 300 Å². The van der Waals surface area contributed by atoms with E-state index in [1.807, 2.05) is 6.08 Å². The van der Waals surface area contributed by atoms with Gasteiger partial charge < -0.3 is 15.5 Å². The van der Waals surface area contributed by atoms with Crippen LogP contribution in [0.1, 0.15) is 219 Å². The number of unbranched alkanes of at least 4 members (excludes halogenated alkanes) is 27. The van der Waals surface area contributed by atoms with Crippen molar-refractivity contribution in [3.63, 3.8) is 0 Å². The molecule has 0 aliphatic carbocycles. The van der Waals surface area contributed by atoms with E-state index in [2.05, 4.69) is 43.5 Å². The van der Waals surface area contributed by atoms with Crippen molar-refractivity contribution >= 4 is 5.91 Å². The molecule has 0 bridgehead atoms. The molecule has 0 rings (SSSR count). The summed E-state index contributed by atoms with van der Waals surface area (Å²) in [4.78, 5) is 12.4. The van der Waals surface area contributed by atoms with Gasteiger partial charge in [-0.15, -0.1) is 0 Å². The molecule has 0 spiro atoms. The molecular weight excluding hydrogens is 590 g/mol. The van der Waals surface area contributed by atoms with Gasteiger partial charge in [0, 0.05) is 6.42 Å². The highest BCUT2D eigenvalue weighted by Crippen LogP contribution is 2.15. The highest BCUT2D eigenvalue weighted by molar-refractivity contribution is 5.76. The topological polar surface area (TPSA) is 69.6 Å². The number of aliphatic hydroxyl groups is 2. The molecule has 1 amide bonds. The van der Waals surface area contributed by atoms with Crippen LogP contribution < -0.4 is 5.32 Å². The van der Waals surface area contributed by atoms with Gasteiger partial charge in [0.2, 0.25) is 5.91 Å². The van der Waals surface area contributed by atoms with Crippen LogP contribution >= 0.6 is 0 Å². The van der Waals surface area contributed by atoms with Crippen LogP contribution in [0, 0.1) is 0 Å². The van der Waals surface area contributed by atoms with E-state index in [1.165, 1.54) is 161 Å². The number of rotatable bonds is 38. The minimum atomic E-state index is -0.866. The van der Waals surface area contributed by atoms with Crippen LogP contribution in [0.2, 0.25) is 0 Å². The second-order valence-electron chi connectivity index (χ2n) is 14.4. The quantitative estimate of drug-likeness (QED) is 0.0451. The molecule has 0 saturated heterocycles. The summed E-state index contributed by atoms with van der Waals surface area (Å²) in [6.07, 6.45) is 52.5. The van der Waals surface area contributed by atoms with Crippen LogP contribution in [0.25, 0.3) is 0 Å². The van der Waals surface area contributed by atoms with E-state index in [4.69, 9.17) is 0 Å². The summed E-state index contributed by atoms with van der Waals surface area (Å²) in [7, 11) is 0. The number of carbonyl (C=O) groups is 1. The first-order chi connectivity index (χ1) is 23.7. The van der Waals surface area contributed by atoms with Gasteiger partial charge in [-0.1, -0.05) is 204 Å². The molecule has 282 valence electrons. The zero-order chi connectivity index (χ0) is 35.0. The first kappa shape index (κ1) is 46.6. The third-order valence-electron chi connectivity index (χ3n) is 9.60. The minimum Gasteiger partial charge on any atom is -0.394 e. The van der Waals surface area contributed by atoms with Crippen molar-refractivity contribution in [1.29, 1.82) is 0 Å². The summed E-state index contributed by atoms with van der Waals surface area (Å²) in [6.45, 7) is 4.29. The fourth-order valence-electron chi connectivity index (χ4n) is 6.33. The number of aliphatic hydroxyl groups excluding tert-OH is 2. The molecular formula is C44H83NO3. The van der Waals surface area contributed by atoms with Crippen molar-refractivity contribution in [2.75, 3.05) is 6.61 Å². The lowest BCUT2D eigenvalue weighted by Crippen LogP contribution is -2.45. The van der Waals surface area contributed by atoms with Crippen molar-refractivity contribution in [1.82, 2.24) is 5.32 Å². The Hall–Kier alpha value is -1.39. The Morgan fingerprint density at radius 2 is 0.812 bits per heavy atom. The monoisotopic (exact) mass is 674 g/mol. The Morgan fingerprint density at radius 3 is 1.21 bits per heavy atom. The number of carbonyl (C=O) groups excluding carboxylic acids is 1. The Kier molecular flexibility index (Phi) is 38.9. The average Bonchev–Trinajstić information content (AvgIpc) is 3.09. The van der Waals surface area contributed by atoms with E-state index in [0.29, 0.717) is 6.42 Å². The average molecular weight is 674 g/mol. The van der Waals surface area contributed by atoms with Gasteiger partial charge in [-0.05, 0) is 44.9 Å².